The molecule has 0 aliphatic heterocycles. The van der Waals surface area contributed by atoms with Crippen molar-refractivity contribution in [3.63, 3.8) is 0 Å². The third-order valence-corrected chi connectivity index (χ3v) is 3.50. The molecular weight excluding hydrogens is 224 g/mol. The number of aryl methyl sites for hydroxylation is 1. The van der Waals surface area contributed by atoms with Crippen molar-refractivity contribution < 1.29 is 9.84 Å². The predicted molar refractivity (Wildman–Crippen MR) is 73.9 cm³/mol. The molecular formula is C16H24O2. The molecule has 1 aliphatic rings. The lowest BCUT2D eigenvalue weighted by Crippen LogP contribution is -2.08. The first-order chi connectivity index (χ1) is 8.46. The van der Waals surface area contributed by atoms with Gasteiger partial charge in [-0.15, -0.1) is 0 Å². The average Bonchev–Trinajstić information content (AvgIpc) is 2.65. The molecule has 0 unspecified atom stereocenters. The van der Waals surface area contributed by atoms with Gasteiger partial charge >= 0.3 is 0 Å². The molecule has 2 rings (SSSR count). The normalized spacial score (nSPS) is 18.8. The zero-order valence-corrected chi connectivity index (χ0v) is 11.7. The minimum atomic E-state index is -0.269. The van der Waals surface area contributed by atoms with Crippen LogP contribution in [0.1, 0.15) is 57.3 Å². The second-order valence-corrected chi connectivity index (χ2v) is 6.43. The maximum atomic E-state index is 9.74. The number of hydrogen-bond acceptors (Lipinski definition) is 2. The summed E-state index contributed by atoms with van der Waals surface area (Å²) in [4.78, 5) is 0. The SMILES string of the molecule is CC(C)(C)CCCOc1ccc2c(c1)CC[C@H]2O. The summed E-state index contributed by atoms with van der Waals surface area (Å²) in [6.45, 7) is 7.54. The van der Waals surface area contributed by atoms with Crippen LogP contribution in [-0.4, -0.2) is 11.7 Å². The number of fused-ring (bicyclic) bond motifs is 1. The molecule has 0 spiro atoms. The van der Waals surface area contributed by atoms with Gasteiger partial charge in [0.1, 0.15) is 5.75 Å². The van der Waals surface area contributed by atoms with E-state index in [4.69, 9.17) is 4.74 Å². The molecule has 0 aromatic heterocycles. The van der Waals surface area contributed by atoms with Crippen molar-refractivity contribution in [2.75, 3.05) is 6.61 Å². The monoisotopic (exact) mass is 248 g/mol. The van der Waals surface area contributed by atoms with Crippen LogP contribution in [0, 0.1) is 5.41 Å². The molecule has 0 bridgehead atoms. The minimum Gasteiger partial charge on any atom is -0.494 e. The van der Waals surface area contributed by atoms with Gasteiger partial charge in [-0.1, -0.05) is 26.8 Å². The molecule has 1 atom stereocenters. The molecule has 0 amide bonds. The van der Waals surface area contributed by atoms with E-state index in [9.17, 15) is 5.11 Å². The zero-order chi connectivity index (χ0) is 13.2. The van der Waals surface area contributed by atoms with Gasteiger partial charge in [-0.05, 0) is 54.4 Å². The Kier molecular flexibility index (Phi) is 3.96. The summed E-state index contributed by atoms with van der Waals surface area (Å²) >= 11 is 0. The summed E-state index contributed by atoms with van der Waals surface area (Å²) in [6.07, 6.45) is 3.81. The lowest BCUT2D eigenvalue weighted by molar-refractivity contribution is 0.180. The Morgan fingerprint density at radius 3 is 2.83 bits per heavy atom. The Labute approximate surface area is 110 Å². The van der Waals surface area contributed by atoms with Crippen molar-refractivity contribution in [3.05, 3.63) is 29.3 Å². The third kappa shape index (κ3) is 3.49. The van der Waals surface area contributed by atoms with Crippen LogP contribution in [0.4, 0.5) is 0 Å². The smallest absolute Gasteiger partial charge is 0.119 e. The molecule has 0 heterocycles. The Bertz CT molecular complexity index is 404. The van der Waals surface area contributed by atoms with Crippen LogP contribution in [0.5, 0.6) is 5.75 Å². The number of ether oxygens (including phenoxy) is 1. The Balaban J connectivity index is 1.84. The maximum absolute atomic E-state index is 9.74. The molecule has 18 heavy (non-hydrogen) atoms. The van der Waals surface area contributed by atoms with Crippen LogP contribution in [0.15, 0.2) is 18.2 Å². The van der Waals surface area contributed by atoms with Gasteiger partial charge in [0.25, 0.3) is 0 Å². The van der Waals surface area contributed by atoms with Crippen molar-refractivity contribution in [3.8, 4) is 5.75 Å². The van der Waals surface area contributed by atoms with Crippen LogP contribution < -0.4 is 4.74 Å². The highest BCUT2D eigenvalue weighted by atomic mass is 16.5. The van der Waals surface area contributed by atoms with Crippen LogP contribution >= 0.6 is 0 Å². The van der Waals surface area contributed by atoms with Crippen LogP contribution in [0.2, 0.25) is 0 Å². The molecule has 0 saturated heterocycles. The van der Waals surface area contributed by atoms with E-state index in [2.05, 4.69) is 26.8 Å². The van der Waals surface area contributed by atoms with Crippen molar-refractivity contribution >= 4 is 0 Å². The van der Waals surface area contributed by atoms with Crippen molar-refractivity contribution in [2.24, 2.45) is 5.41 Å². The van der Waals surface area contributed by atoms with Gasteiger partial charge in [0, 0.05) is 0 Å². The Morgan fingerprint density at radius 2 is 2.11 bits per heavy atom. The van der Waals surface area contributed by atoms with Crippen molar-refractivity contribution in [2.45, 2.75) is 52.6 Å². The molecule has 1 aromatic carbocycles. The lowest BCUT2D eigenvalue weighted by atomic mass is 9.91. The van der Waals surface area contributed by atoms with E-state index >= 15 is 0 Å². The van der Waals surface area contributed by atoms with E-state index in [1.165, 1.54) is 12.0 Å². The van der Waals surface area contributed by atoms with Crippen LogP contribution in [0.25, 0.3) is 0 Å². The van der Waals surface area contributed by atoms with Gasteiger partial charge < -0.3 is 9.84 Å². The Morgan fingerprint density at radius 1 is 1.33 bits per heavy atom. The van der Waals surface area contributed by atoms with Crippen LogP contribution in [0.3, 0.4) is 0 Å². The number of aliphatic hydroxyl groups is 1. The minimum absolute atomic E-state index is 0.269. The summed E-state index contributed by atoms with van der Waals surface area (Å²) in [7, 11) is 0. The fraction of sp³-hybridized carbons (Fsp3) is 0.625. The van der Waals surface area contributed by atoms with E-state index in [1.54, 1.807) is 0 Å². The van der Waals surface area contributed by atoms with Gasteiger partial charge in [-0.3, -0.25) is 0 Å². The second kappa shape index (κ2) is 5.31. The highest BCUT2D eigenvalue weighted by Crippen LogP contribution is 2.33. The molecule has 2 heteroatoms. The van der Waals surface area contributed by atoms with Crippen molar-refractivity contribution in [1.82, 2.24) is 0 Å². The molecule has 1 N–H and O–H groups in total. The highest BCUT2D eigenvalue weighted by Gasteiger charge is 2.20. The molecule has 0 saturated carbocycles. The van der Waals surface area contributed by atoms with E-state index in [1.807, 2.05) is 12.1 Å². The molecule has 100 valence electrons. The number of aliphatic hydroxyl groups excluding tert-OH is 1. The first kappa shape index (κ1) is 13.4. The van der Waals surface area contributed by atoms with Gasteiger partial charge in [-0.2, -0.15) is 0 Å². The second-order valence-electron chi connectivity index (χ2n) is 6.43. The van der Waals surface area contributed by atoms with E-state index in [0.29, 0.717) is 5.41 Å². The number of benzene rings is 1. The molecule has 1 aromatic rings. The van der Waals surface area contributed by atoms with Gasteiger partial charge in [0.2, 0.25) is 0 Å². The summed E-state index contributed by atoms with van der Waals surface area (Å²) in [6, 6.07) is 6.07. The summed E-state index contributed by atoms with van der Waals surface area (Å²) in [5.74, 6) is 0.941. The topological polar surface area (TPSA) is 29.5 Å². The van der Waals surface area contributed by atoms with Gasteiger partial charge in [0.05, 0.1) is 12.7 Å². The predicted octanol–water partition coefficient (Wildman–Crippen LogP) is 3.87. The summed E-state index contributed by atoms with van der Waals surface area (Å²) in [5.41, 5.74) is 2.71. The van der Waals surface area contributed by atoms with Gasteiger partial charge in [-0.25, -0.2) is 0 Å². The zero-order valence-electron chi connectivity index (χ0n) is 11.7. The van der Waals surface area contributed by atoms with E-state index in [0.717, 1.165) is 37.2 Å². The standard InChI is InChI=1S/C16H24O2/c1-16(2,3)9-4-10-18-13-6-7-14-12(11-13)5-8-15(14)17/h6-7,11,15,17H,4-5,8-10H2,1-3H3/t15-/m1/s1. The highest BCUT2D eigenvalue weighted by molar-refractivity contribution is 5.39. The van der Waals surface area contributed by atoms with Crippen LogP contribution in [-0.2, 0) is 6.42 Å². The van der Waals surface area contributed by atoms with Gasteiger partial charge in [0.15, 0.2) is 0 Å². The molecule has 0 radical (unpaired) electrons. The fourth-order valence-electron chi connectivity index (χ4n) is 2.45. The van der Waals surface area contributed by atoms with E-state index < -0.39 is 0 Å². The maximum Gasteiger partial charge on any atom is 0.119 e. The molecule has 2 nitrogen and oxygen atoms in total. The molecule has 0 fully saturated rings. The van der Waals surface area contributed by atoms with E-state index in [-0.39, 0.29) is 6.10 Å². The fourth-order valence-corrected chi connectivity index (χ4v) is 2.45. The lowest BCUT2D eigenvalue weighted by Gasteiger charge is -2.17. The number of hydrogen-bond donors (Lipinski definition) is 1. The summed E-state index contributed by atoms with van der Waals surface area (Å²) < 4.78 is 5.78. The average molecular weight is 248 g/mol. The first-order valence-electron chi connectivity index (χ1n) is 6.89. The largest absolute Gasteiger partial charge is 0.494 e. The first-order valence-corrected chi connectivity index (χ1v) is 6.89. The quantitative estimate of drug-likeness (QED) is 0.820. The molecule has 1 aliphatic carbocycles. The Hall–Kier alpha value is -1.02. The summed E-state index contributed by atoms with van der Waals surface area (Å²) in [5, 5.41) is 9.74. The van der Waals surface area contributed by atoms with Crippen molar-refractivity contribution in [1.29, 1.82) is 0 Å². The number of rotatable bonds is 4. The third-order valence-electron chi connectivity index (χ3n) is 3.50.